The van der Waals surface area contributed by atoms with E-state index >= 15 is 0 Å². The van der Waals surface area contributed by atoms with Gasteiger partial charge in [-0.25, -0.2) is 0 Å². The quantitative estimate of drug-likeness (QED) is 0.781. The fraction of sp³-hybridized carbons (Fsp3) is 0.364. The van der Waals surface area contributed by atoms with Crippen LogP contribution in [-0.4, -0.2) is 56.6 Å². The van der Waals surface area contributed by atoms with Crippen molar-refractivity contribution in [2.24, 2.45) is 0 Å². The second kappa shape index (κ2) is 6.82. The highest BCUT2D eigenvalue weighted by Gasteiger charge is 2.33. The number of para-hydroxylation sites is 2. The van der Waals surface area contributed by atoms with Crippen molar-refractivity contribution in [3.05, 3.63) is 59.7 Å². The van der Waals surface area contributed by atoms with Crippen molar-refractivity contribution in [2.75, 3.05) is 50.1 Å². The number of carbonyl (C=O) groups is 2. The summed E-state index contributed by atoms with van der Waals surface area (Å²) in [5.74, 6) is 0.166. The summed E-state index contributed by atoms with van der Waals surface area (Å²) in [4.78, 5) is 29.6. The molecule has 2 aromatic rings. The minimum absolute atomic E-state index is 0.0829. The molecule has 0 fully saturated rings. The molecule has 2 aromatic carbocycles. The molecule has 0 aliphatic carbocycles. The topological polar surface area (TPSA) is 40.6 Å². The largest absolute Gasteiger partial charge is 0.313 e. The number of anilines is 2. The molecule has 0 radical (unpaired) electrons. The molecule has 2 heterocycles. The second-order valence-corrected chi connectivity index (χ2v) is 8.10. The zero-order valence-electron chi connectivity index (χ0n) is 16.0. The van der Waals surface area contributed by atoms with Crippen LogP contribution < -0.4 is 9.80 Å². The number of quaternary nitrogens is 1. The predicted octanol–water partition coefficient (Wildman–Crippen LogP) is 2.24. The lowest BCUT2D eigenvalue weighted by atomic mass is 10.2. The van der Waals surface area contributed by atoms with Crippen LogP contribution in [0.3, 0.4) is 0 Å². The highest BCUT2D eigenvalue weighted by atomic mass is 16.2. The summed E-state index contributed by atoms with van der Waals surface area (Å²) in [5.41, 5.74) is 4.48. The van der Waals surface area contributed by atoms with E-state index in [1.807, 2.05) is 60.3 Å². The fourth-order valence-electron chi connectivity index (χ4n) is 4.15. The second-order valence-electron chi connectivity index (χ2n) is 8.10. The maximum absolute atomic E-state index is 12.9. The number of benzene rings is 2. The van der Waals surface area contributed by atoms with Crippen LogP contribution in [0.15, 0.2) is 48.5 Å². The summed E-state index contributed by atoms with van der Waals surface area (Å²) < 4.78 is 0.356. The van der Waals surface area contributed by atoms with Crippen molar-refractivity contribution >= 4 is 23.2 Å². The van der Waals surface area contributed by atoms with Gasteiger partial charge in [-0.05, 0) is 36.1 Å². The summed E-state index contributed by atoms with van der Waals surface area (Å²) in [6.45, 7) is 2.09. The van der Waals surface area contributed by atoms with Gasteiger partial charge >= 0.3 is 0 Å². The average molecular weight is 364 g/mol. The third-order valence-corrected chi connectivity index (χ3v) is 5.50. The molecular weight excluding hydrogens is 338 g/mol. The molecule has 0 N–H and O–H groups in total. The van der Waals surface area contributed by atoms with Gasteiger partial charge in [0.05, 0.1) is 14.1 Å². The van der Waals surface area contributed by atoms with Crippen LogP contribution in [0.4, 0.5) is 11.4 Å². The molecule has 0 bridgehead atoms. The summed E-state index contributed by atoms with van der Waals surface area (Å²) in [6, 6.07) is 16.1. The van der Waals surface area contributed by atoms with Crippen molar-refractivity contribution in [3.8, 4) is 0 Å². The minimum Gasteiger partial charge on any atom is -0.313 e. The van der Waals surface area contributed by atoms with Gasteiger partial charge in [0, 0.05) is 24.5 Å². The molecule has 140 valence electrons. The molecule has 0 spiro atoms. The first-order chi connectivity index (χ1) is 12.9. The molecule has 0 aromatic heterocycles. The zero-order chi connectivity index (χ0) is 19.0. The standard InChI is InChI=1S/C22H26N3O2/c1-25(2,15-21(26)23-13-11-17-7-3-5-9-19(17)23)16-22(27)24-14-12-18-8-4-6-10-20(18)24/h3-10H,11-16H2,1-2H3/q+1. The SMILES string of the molecule is C[N+](C)(CC(=O)N1CCc2ccccc21)CC(=O)N1CCc2ccccc21. The van der Waals surface area contributed by atoms with Gasteiger partial charge in [-0.1, -0.05) is 36.4 Å². The van der Waals surface area contributed by atoms with Crippen molar-refractivity contribution in [1.29, 1.82) is 0 Å². The van der Waals surface area contributed by atoms with E-state index in [0.717, 1.165) is 37.3 Å². The monoisotopic (exact) mass is 364 g/mol. The highest BCUT2D eigenvalue weighted by Crippen LogP contribution is 2.29. The normalized spacial score (nSPS) is 15.6. The van der Waals surface area contributed by atoms with E-state index < -0.39 is 0 Å². The maximum atomic E-state index is 12.9. The molecule has 0 unspecified atom stereocenters. The van der Waals surface area contributed by atoms with Gasteiger partial charge in [0.1, 0.15) is 0 Å². The van der Waals surface area contributed by atoms with Crippen LogP contribution in [0.1, 0.15) is 11.1 Å². The van der Waals surface area contributed by atoms with Crippen molar-refractivity contribution in [1.82, 2.24) is 0 Å². The van der Waals surface area contributed by atoms with Gasteiger partial charge in [0.25, 0.3) is 11.8 Å². The van der Waals surface area contributed by atoms with Crippen LogP contribution >= 0.6 is 0 Å². The molecule has 2 aliphatic rings. The lowest BCUT2D eigenvalue weighted by Gasteiger charge is -2.32. The summed E-state index contributed by atoms with van der Waals surface area (Å²) in [5, 5.41) is 0. The Morgan fingerprint density at radius 2 is 1.19 bits per heavy atom. The van der Waals surface area contributed by atoms with E-state index in [4.69, 9.17) is 0 Å². The molecule has 27 heavy (non-hydrogen) atoms. The first-order valence-electron chi connectivity index (χ1n) is 9.53. The Balaban J connectivity index is 1.42. The molecular formula is C22H26N3O2+. The van der Waals surface area contributed by atoms with Gasteiger partial charge < -0.3 is 14.3 Å². The third-order valence-electron chi connectivity index (χ3n) is 5.50. The lowest BCUT2D eigenvalue weighted by Crippen LogP contribution is -2.53. The molecule has 5 heteroatoms. The van der Waals surface area contributed by atoms with E-state index in [9.17, 15) is 9.59 Å². The molecule has 2 amide bonds. The number of likely N-dealkylation sites (N-methyl/N-ethyl adjacent to an activating group) is 1. The number of rotatable bonds is 4. The predicted molar refractivity (Wildman–Crippen MR) is 107 cm³/mol. The Morgan fingerprint density at radius 1 is 0.778 bits per heavy atom. The smallest absolute Gasteiger partial charge is 0.282 e. The van der Waals surface area contributed by atoms with Crippen LogP contribution in [0.2, 0.25) is 0 Å². The van der Waals surface area contributed by atoms with Crippen LogP contribution in [0.25, 0.3) is 0 Å². The Morgan fingerprint density at radius 3 is 1.63 bits per heavy atom. The van der Waals surface area contributed by atoms with Gasteiger partial charge in [0.15, 0.2) is 13.1 Å². The molecule has 0 atom stereocenters. The Hall–Kier alpha value is -2.66. The van der Waals surface area contributed by atoms with E-state index in [0.29, 0.717) is 17.6 Å². The molecule has 4 rings (SSSR count). The highest BCUT2D eigenvalue weighted by molar-refractivity contribution is 5.98. The molecule has 0 saturated heterocycles. The van der Waals surface area contributed by atoms with E-state index in [-0.39, 0.29) is 11.8 Å². The number of hydrogen-bond acceptors (Lipinski definition) is 2. The number of nitrogens with zero attached hydrogens (tertiary/aromatic N) is 3. The zero-order valence-corrected chi connectivity index (χ0v) is 16.0. The number of amides is 2. The van der Waals surface area contributed by atoms with Gasteiger partial charge in [-0.15, -0.1) is 0 Å². The summed E-state index contributed by atoms with van der Waals surface area (Å²) in [7, 11) is 3.92. The molecule has 2 aliphatic heterocycles. The van der Waals surface area contributed by atoms with Crippen LogP contribution in [0.5, 0.6) is 0 Å². The van der Waals surface area contributed by atoms with E-state index in [1.54, 1.807) is 0 Å². The van der Waals surface area contributed by atoms with Gasteiger partial charge in [-0.2, -0.15) is 0 Å². The number of hydrogen-bond donors (Lipinski definition) is 0. The Labute approximate surface area is 160 Å². The first-order valence-corrected chi connectivity index (χ1v) is 9.53. The maximum Gasteiger partial charge on any atom is 0.282 e. The van der Waals surface area contributed by atoms with Crippen molar-refractivity contribution in [3.63, 3.8) is 0 Å². The van der Waals surface area contributed by atoms with Gasteiger partial charge in [0.2, 0.25) is 0 Å². The summed E-state index contributed by atoms with van der Waals surface area (Å²) in [6.07, 6.45) is 1.80. The fourth-order valence-corrected chi connectivity index (χ4v) is 4.15. The third kappa shape index (κ3) is 3.47. The van der Waals surface area contributed by atoms with E-state index in [1.165, 1.54) is 11.1 Å². The Bertz CT molecular complexity index is 819. The van der Waals surface area contributed by atoms with Crippen LogP contribution in [0, 0.1) is 0 Å². The van der Waals surface area contributed by atoms with Crippen molar-refractivity contribution < 1.29 is 14.1 Å². The van der Waals surface area contributed by atoms with Crippen molar-refractivity contribution in [2.45, 2.75) is 12.8 Å². The minimum atomic E-state index is 0.0829. The van der Waals surface area contributed by atoms with E-state index in [2.05, 4.69) is 12.1 Å². The number of fused-ring (bicyclic) bond motifs is 2. The average Bonchev–Trinajstić information content (AvgIpc) is 3.25. The summed E-state index contributed by atoms with van der Waals surface area (Å²) >= 11 is 0. The van der Waals surface area contributed by atoms with Gasteiger partial charge in [-0.3, -0.25) is 9.59 Å². The van der Waals surface area contributed by atoms with Crippen LogP contribution in [-0.2, 0) is 22.4 Å². The molecule has 5 nitrogen and oxygen atoms in total. The lowest BCUT2D eigenvalue weighted by molar-refractivity contribution is -0.874. The first kappa shape index (κ1) is 17.7. The Kier molecular flexibility index (Phi) is 4.48. The molecule has 0 saturated carbocycles. The number of carbonyl (C=O) groups excluding carboxylic acids is 2.